The number of hydrogen-bond donors (Lipinski definition) is 5. The van der Waals surface area contributed by atoms with E-state index in [1.165, 1.54) is 23.7 Å². The van der Waals surface area contributed by atoms with Gasteiger partial charge in [0, 0.05) is 12.7 Å². The summed E-state index contributed by atoms with van der Waals surface area (Å²) in [6, 6.07) is 2.67. The number of hydrogen-bond acceptors (Lipinski definition) is 6. The number of phenolic OH excluding ortho intramolecular Hbond substituents is 2. The molecule has 104 valence electrons. The number of benzene rings is 1. The zero-order chi connectivity index (χ0) is 14.7. The summed E-state index contributed by atoms with van der Waals surface area (Å²) in [5.74, 6) is -1.67. The van der Waals surface area contributed by atoms with Crippen molar-refractivity contribution in [2.24, 2.45) is 0 Å². The Hall–Kier alpha value is -2.45. The number of aromatic amines is 1. The quantitative estimate of drug-likeness (QED) is 0.238. The number of amides is 1. The Balaban J connectivity index is 2.49. The normalized spacial score (nSPS) is 10.4. The fourth-order valence-corrected chi connectivity index (χ4v) is 1.77. The van der Waals surface area contributed by atoms with Crippen molar-refractivity contribution in [2.75, 3.05) is 6.54 Å². The van der Waals surface area contributed by atoms with Crippen molar-refractivity contribution < 1.29 is 15.0 Å². The Morgan fingerprint density at radius 1 is 1.40 bits per heavy atom. The minimum Gasteiger partial charge on any atom is -0.504 e. The number of fused-ring (bicyclic) bond motifs is 1. The van der Waals surface area contributed by atoms with Crippen molar-refractivity contribution in [1.82, 2.24) is 15.8 Å². The smallest absolute Gasteiger partial charge is 0.270 e. The lowest BCUT2D eigenvalue weighted by atomic mass is 10.1. The molecule has 0 unspecified atom stereocenters. The molecule has 0 aliphatic carbocycles. The van der Waals surface area contributed by atoms with Gasteiger partial charge in [-0.3, -0.25) is 15.0 Å². The van der Waals surface area contributed by atoms with Crippen molar-refractivity contribution in [2.45, 2.75) is 0 Å². The van der Waals surface area contributed by atoms with Crippen LogP contribution < -0.4 is 16.3 Å². The summed E-state index contributed by atoms with van der Waals surface area (Å²) in [5.41, 5.74) is 4.23. The molecular formula is C12H11N3O4S. The lowest BCUT2D eigenvalue weighted by molar-refractivity contribution is 0.0935. The van der Waals surface area contributed by atoms with Gasteiger partial charge < -0.3 is 15.2 Å². The number of phenols is 2. The van der Waals surface area contributed by atoms with E-state index >= 15 is 0 Å². The van der Waals surface area contributed by atoms with Gasteiger partial charge in [0.05, 0.1) is 10.9 Å². The SMILES string of the molecule is O=C(NNCC=S)c1c[nH]c2ccc(O)c(O)c2c1=O. The zero-order valence-corrected chi connectivity index (χ0v) is 11.0. The molecule has 0 aliphatic rings. The van der Waals surface area contributed by atoms with Crippen LogP contribution in [0, 0.1) is 0 Å². The summed E-state index contributed by atoms with van der Waals surface area (Å²) in [7, 11) is 0. The molecule has 8 heteroatoms. The largest absolute Gasteiger partial charge is 0.504 e. The number of aromatic nitrogens is 1. The van der Waals surface area contributed by atoms with Gasteiger partial charge >= 0.3 is 0 Å². The summed E-state index contributed by atoms with van der Waals surface area (Å²) in [6.07, 6.45) is 1.23. The maximum atomic E-state index is 12.2. The number of H-pyrrole nitrogens is 1. The first kappa shape index (κ1) is 14.0. The Bertz CT molecular complexity index is 741. The van der Waals surface area contributed by atoms with Crippen LogP contribution in [0.2, 0.25) is 0 Å². The minimum atomic E-state index is -0.686. The standard InChI is InChI=1S/C12H11N3O4S/c16-8-2-1-7-9(11(8)18)10(17)6(5-13-7)12(19)15-14-3-4-20/h1-2,4-5,14,16,18H,3H2,(H,13,17)(H,15,19). The van der Waals surface area contributed by atoms with Crippen molar-refractivity contribution >= 4 is 34.4 Å². The van der Waals surface area contributed by atoms with Crippen LogP contribution in [0.4, 0.5) is 0 Å². The molecule has 2 rings (SSSR count). The fourth-order valence-electron chi connectivity index (χ4n) is 1.69. The highest BCUT2D eigenvalue weighted by Gasteiger charge is 2.16. The van der Waals surface area contributed by atoms with Gasteiger partial charge in [0.2, 0.25) is 5.43 Å². The zero-order valence-electron chi connectivity index (χ0n) is 10.1. The van der Waals surface area contributed by atoms with Crippen LogP contribution >= 0.6 is 12.2 Å². The molecule has 0 fully saturated rings. The molecule has 0 bridgehead atoms. The molecule has 5 N–H and O–H groups in total. The number of carbonyl (C=O) groups is 1. The summed E-state index contributed by atoms with van der Waals surface area (Å²) >= 11 is 4.57. The number of pyridine rings is 1. The lowest BCUT2D eigenvalue weighted by Crippen LogP contribution is -2.40. The Morgan fingerprint density at radius 2 is 2.15 bits per heavy atom. The molecule has 0 saturated heterocycles. The summed E-state index contributed by atoms with van der Waals surface area (Å²) in [4.78, 5) is 26.7. The predicted octanol–water partition coefficient (Wildman–Crippen LogP) is 0.173. The number of hydrazine groups is 1. The maximum absolute atomic E-state index is 12.2. The topological polar surface area (TPSA) is 114 Å². The van der Waals surface area contributed by atoms with Gasteiger partial charge in [0.15, 0.2) is 11.5 Å². The average Bonchev–Trinajstić information content (AvgIpc) is 2.43. The number of thiocarbonyl (C=S) groups is 1. The molecule has 1 aromatic heterocycles. The highest BCUT2D eigenvalue weighted by molar-refractivity contribution is 7.79. The minimum absolute atomic E-state index is 0.146. The van der Waals surface area contributed by atoms with E-state index in [-0.39, 0.29) is 17.5 Å². The van der Waals surface area contributed by atoms with E-state index in [1.807, 2.05) is 0 Å². The Labute approximate surface area is 118 Å². The second-order valence-corrected chi connectivity index (χ2v) is 4.22. The first-order valence-corrected chi connectivity index (χ1v) is 6.06. The first-order valence-electron chi connectivity index (χ1n) is 5.59. The van der Waals surface area contributed by atoms with E-state index in [9.17, 15) is 19.8 Å². The van der Waals surface area contributed by atoms with Crippen molar-refractivity contribution in [1.29, 1.82) is 0 Å². The average molecular weight is 293 g/mol. The van der Waals surface area contributed by atoms with Crippen LogP contribution in [0.25, 0.3) is 10.9 Å². The summed E-state index contributed by atoms with van der Waals surface area (Å²) in [6.45, 7) is 0.262. The van der Waals surface area contributed by atoms with Crippen LogP contribution in [0.5, 0.6) is 11.5 Å². The predicted molar refractivity (Wildman–Crippen MR) is 77.0 cm³/mol. The molecule has 7 nitrogen and oxygen atoms in total. The summed E-state index contributed by atoms with van der Waals surface area (Å²) < 4.78 is 0. The second kappa shape index (κ2) is 5.68. The van der Waals surface area contributed by atoms with Crippen molar-refractivity contribution in [3.8, 4) is 11.5 Å². The molecule has 1 amide bonds. The molecular weight excluding hydrogens is 282 g/mol. The second-order valence-electron chi connectivity index (χ2n) is 3.89. The van der Waals surface area contributed by atoms with Crippen molar-refractivity contribution in [3.63, 3.8) is 0 Å². The first-order chi connectivity index (χ1) is 9.56. The van der Waals surface area contributed by atoms with E-state index in [2.05, 4.69) is 28.1 Å². The highest BCUT2D eigenvalue weighted by atomic mass is 32.1. The molecule has 0 radical (unpaired) electrons. The summed E-state index contributed by atoms with van der Waals surface area (Å²) in [5, 5.41) is 20.4. The van der Waals surface area contributed by atoms with Gasteiger partial charge in [-0.15, -0.1) is 0 Å². The van der Waals surface area contributed by atoms with Crippen LogP contribution in [-0.2, 0) is 0 Å². The Kier molecular flexibility index (Phi) is 3.97. The maximum Gasteiger partial charge on any atom is 0.270 e. The number of aromatic hydroxyl groups is 2. The van der Waals surface area contributed by atoms with Gasteiger partial charge in [0.25, 0.3) is 5.91 Å². The molecule has 1 heterocycles. The van der Waals surface area contributed by atoms with Gasteiger partial charge in [-0.05, 0) is 17.5 Å². The Morgan fingerprint density at radius 3 is 2.85 bits per heavy atom. The van der Waals surface area contributed by atoms with E-state index in [1.54, 1.807) is 0 Å². The molecule has 0 atom stereocenters. The van der Waals surface area contributed by atoms with Gasteiger partial charge in [-0.1, -0.05) is 12.2 Å². The third-order valence-corrected chi connectivity index (χ3v) is 2.80. The number of carbonyl (C=O) groups excluding carboxylic acids is 1. The van der Waals surface area contributed by atoms with E-state index in [0.29, 0.717) is 5.52 Å². The van der Waals surface area contributed by atoms with Gasteiger partial charge in [-0.25, -0.2) is 5.43 Å². The molecule has 0 saturated carbocycles. The van der Waals surface area contributed by atoms with E-state index in [0.717, 1.165) is 0 Å². The molecule has 0 aliphatic heterocycles. The van der Waals surface area contributed by atoms with Crippen molar-refractivity contribution in [3.05, 3.63) is 34.1 Å². The monoisotopic (exact) mass is 293 g/mol. The van der Waals surface area contributed by atoms with E-state index < -0.39 is 22.8 Å². The van der Waals surface area contributed by atoms with Crippen LogP contribution in [0.15, 0.2) is 23.1 Å². The van der Waals surface area contributed by atoms with Crippen LogP contribution in [0.1, 0.15) is 10.4 Å². The van der Waals surface area contributed by atoms with Gasteiger partial charge in [-0.2, -0.15) is 0 Å². The third kappa shape index (κ3) is 2.46. The molecule has 0 spiro atoms. The number of nitrogens with one attached hydrogen (secondary N) is 3. The van der Waals surface area contributed by atoms with Crippen LogP contribution in [0.3, 0.4) is 0 Å². The number of rotatable bonds is 4. The highest BCUT2D eigenvalue weighted by Crippen LogP contribution is 2.30. The molecule has 2 aromatic rings. The molecule has 1 aromatic carbocycles. The molecule has 20 heavy (non-hydrogen) atoms. The fraction of sp³-hybridized carbons (Fsp3) is 0.0833. The van der Waals surface area contributed by atoms with Crippen LogP contribution in [-0.4, -0.2) is 33.0 Å². The third-order valence-electron chi connectivity index (χ3n) is 2.63. The lowest BCUT2D eigenvalue weighted by Gasteiger charge is -2.07. The van der Waals surface area contributed by atoms with E-state index in [4.69, 9.17) is 0 Å². The van der Waals surface area contributed by atoms with Gasteiger partial charge in [0.1, 0.15) is 5.56 Å².